The van der Waals surface area contributed by atoms with E-state index in [1.54, 1.807) is 6.07 Å². The van der Waals surface area contributed by atoms with Crippen LogP contribution in [0.15, 0.2) is 18.2 Å². The maximum absolute atomic E-state index is 12.1. The number of hydrogen-bond acceptors (Lipinski definition) is 3. The third-order valence-electron chi connectivity index (χ3n) is 3.65. The van der Waals surface area contributed by atoms with Crippen LogP contribution in [0.4, 0.5) is 5.69 Å². The van der Waals surface area contributed by atoms with Crippen LogP contribution in [0.5, 0.6) is 0 Å². The summed E-state index contributed by atoms with van der Waals surface area (Å²) in [6, 6.07) is 5.98. The average molecular weight is 247 g/mol. The van der Waals surface area contributed by atoms with Crippen LogP contribution in [0.25, 0.3) is 0 Å². The molecule has 0 unspecified atom stereocenters. The van der Waals surface area contributed by atoms with Crippen molar-refractivity contribution in [1.82, 2.24) is 5.32 Å². The van der Waals surface area contributed by atoms with E-state index in [-0.39, 0.29) is 11.9 Å². The molecule has 1 aliphatic carbocycles. The predicted octanol–water partition coefficient (Wildman–Crippen LogP) is 1.58. The summed E-state index contributed by atoms with van der Waals surface area (Å²) in [7, 11) is 0. The molecule has 5 N–H and O–H groups in total. The van der Waals surface area contributed by atoms with E-state index in [0.29, 0.717) is 17.3 Å². The number of anilines is 1. The van der Waals surface area contributed by atoms with Crippen LogP contribution < -0.4 is 16.8 Å². The van der Waals surface area contributed by atoms with Crippen LogP contribution in [-0.4, -0.2) is 18.0 Å². The number of rotatable bonds is 2. The van der Waals surface area contributed by atoms with Crippen molar-refractivity contribution in [2.45, 2.75) is 44.7 Å². The molecule has 0 bridgehead atoms. The maximum Gasteiger partial charge on any atom is 0.251 e. The summed E-state index contributed by atoms with van der Waals surface area (Å²) in [5.41, 5.74) is 13.9. The Morgan fingerprint density at radius 3 is 2.56 bits per heavy atom. The SMILES string of the molecule is Cc1ccc(C(=O)NC2CCC(N)CC2)cc1N. The zero-order chi connectivity index (χ0) is 13.1. The van der Waals surface area contributed by atoms with Crippen LogP contribution in [0, 0.1) is 6.92 Å². The third-order valence-corrected chi connectivity index (χ3v) is 3.65. The number of amides is 1. The van der Waals surface area contributed by atoms with Gasteiger partial charge in [0.2, 0.25) is 0 Å². The summed E-state index contributed by atoms with van der Waals surface area (Å²) in [4.78, 5) is 12.1. The number of carbonyl (C=O) groups excluding carboxylic acids is 1. The second kappa shape index (κ2) is 5.40. The molecule has 1 aromatic carbocycles. The largest absolute Gasteiger partial charge is 0.398 e. The van der Waals surface area contributed by atoms with Crippen molar-refractivity contribution in [3.05, 3.63) is 29.3 Å². The molecule has 98 valence electrons. The van der Waals surface area contributed by atoms with Crippen molar-refractivity contribution in [1.29, 1.82) is 0 Å². The molecule has 2 rings (SSSR count). The lowest BCUT2D eigenvalue weighted by atomic mass is 9.91. The molecule has 0 saturated heterocycles. The fourth-order valence-electron chi connectivity index (χ4n) is 2.31. The molecule has 0 spiro atoms. The molecule has 0 atom stereocenters. The van der Waals surface area contributed by atoms with Crippen LogP contribution >= 0.6 is 0 Å². The Hall–Kier alpha value is -1.55. The smallest absolute Gasteiger partial charge is 0.251 e. The molecule has 0 radical (unpaired) electrons. The number of nitrogen functional groups attached to an aromatic ring is 1. The monoisotopic (exact) mass is 247 g/mol. The number of aryl methyl sites for hydroxylation is 1. The Balaban J connectivity index is 1.97. The molecule has 4 nitrogen and oxygen atoms in total. The topological polar surface area (TPSA) is 81.1 Å². The van der Waals surface area contributed by atoms with E-state index in [2.05, 4.69) is 5.32 Å². The van der Waals surface area contributed by atoms with Crippen LogP contribution in [-0.2, 0) is 0 Å². The van der Waals surface area contributed by atoms with E-state index in [1.165, 1.54) is 0 Å². The second-order valence-electron chi connectivity index (χ2n) is 5.16. The molecular formula is C14H21N3O. The first-order valence-corrected chi connectivity index (χ1v) is 6.49. The molecule has 4 heteroatoms. The van der Waals surface area contributed by atoms with Gasteiger partial charge in [-0.2, -0.15) is 0 Å². The molecule has 1 aromatic rings. The van der Waals surface area contributed by atoms with Gasteiger partial charge < -0.3 is 16.8 Å². The molecule has 1 saturated carbocycles. The highest BCUT2D eigenvalue weighted by Crippen LogP contribution is 2.18. The van der Waals surface area contributed by atoms with Gasteiger partial charge in [0.15, 0.2) is 0 Å². The molecule has 0 aromatic heterocycles. The maximum atomic E-state index is 12.1. The van der Waals surface area contributed by atoms with Gasteiger partial charge in [-0.05, 0) is 50.3 Å². The first-order valence-electron chi connectivity index (χ1n) is 6.49. The van der Waals surface area contributed by atoms with Crippen molar-refractivity contribution < 1.29 is 4.79 Å². The fourth-order valence-corrected chi connectivity index (χ4v) is 2.31. The van der Waals surface area contributed by atoms with Gasteiger partial charge in [-0.1, -0.05) is 6.07 Å². The highest BCUT2D eigenvalue weighted by Gasteiger charge is 2.20. The van der Waals surface area contributed by atoms with Crippen LogP contribution in [0.1, 0.15) is 41.6 Å². The Morgan fingerprint density at radius 1 is 1.28 bits per heavy atom. The standard InChI is InChI=1S/C14H21N3O/c1-9-2-3-10(8-13(9)16)14(18)17-12-6-4-11(15)5-7-12/h2-3,8,11-12H,4-7,15-16H2,1H3,(H,17,18). The first kappa shape index (κ1) is 12.9. The molecule has 1 aliphatic rings. The van der Waals surface area contributed by atoms with Gasteiger partial charge in [0.25, 0.3) is 5.91 Å². The number of benzene rings is 1. The van der Waals surface area contributed by atoms with E-state index in [1.807, 2.05) is 19.1 Å². The van der Waals surface area contributed by atoms with Crippen molar-refractivity contribution in [3.63, 3.8) is 0 Å². The zero-order valence-corrected chi connectivity index (χ0v) is 10.8. The van der Waals surface area contributed by atoms with Crippen LogP contribution in [0.2, 0.25) is 0 Å². The van der Waals surface area contributed by atoms with Crippen LogP contribution in [0.3, 0.4) is 0 Å². The van der Waals surface area contributed by atoms with E-state index in [4.69, 9.17) is 11.5 Å². The van der Waals surface area contributed by atoms with Gasteiger partial charge in [0, 0.05) is 23.3 Å². The van der Waals surface area contributed by atoms with E-state index in [9.17, 15) is 4.79 Å². The summed E-state index contributed by atoms with van der Waals surface area (Å²) in [5.74, 6) is -0.0397. The highest BCUT2D eigenvalue weighted by molar-refractivity contribution is 5.95. The Kier molecular flexibility index (Phi) is 3.87. The summed E-state index contributed by atoms with van der Waals surface area (Å²) in [6.07, 6.45) is 3.91. The van der Waals surface area contributed by atoms with E-state index in [0.717, 1.165) is 31.2 Å². The van der Waals surface area contributed by atoms with Gasteiger partial charge in [-0.15, -0.1) is 0 Å². The quantitative estimate of drug-likeness (QED) is 0.694. The predicted molar refractivity (Wildman–Crippen MR) is 73.3 cm³/mol. The molecule has 0 aliphatic heterocycles. The van der Waals surface area contributed by atoms with E-state index < -0.39 is 0 Å². The molecule has 0 heterocycles. The molecule has 1 fully saturated rings. The second-order valence-corrected chi connectivity index (χ2v) is 5.16. The minimum absolute atomic E-state index is 0.0397. The number of nitrogens with one attached hydrogen (secondary N) is 1. The normalized spacial score (nSPS) is 23.7. The van der Waals surface area contributed by atoms with Gasteiger partial charge in [0.05, 0.1) is 0 Å². The molecule has 18 heavy (non-hydrogen) atoms. The van der Waals surface area contributed by atoms with Gasteiger partial charge >= 0.3 is 0 Å². The fraction of sp³-hybridized carbons (Fsp3) is 0.500. The van der Waals surface area contributed by atoms with Crippen molar-refractivity contribution in [2.24, 2.45) is 5.73 Å². The van der Waals surface area contributed by atoms with E-state index >= 15 is 0 Å². The van der Waals surface area contributed by atoms with Gasteiger partial charge in [-0.3, -0.25) is 4.79 Å². The summed E-state index contributed by atoms with van der Waals surface area (Å²) in [5, 5.41) is 3.05. The lowest BCUT2D eigenvalue weighted by Gasteiger charge is -2.26. The average Bonchev–Trinajstić information content (AvgIpc) is 2.35. The lowest BCUT2D eigenvalue weighted by molar-refractivity contribution is 0.0926. The van der Waals surface area contributed by atoms with Gasteiger partial charge in [0.1, 0.15) is 0 Å². The summed E-state index contributed by atoms with van der Waals surface area (Å²) in [6.45, 7) is 1.93. The molecular weight excluding hydrogens is 226 g/mol. The Labute approximate surface area is 108 Å². The minimum atomic E-state index is -0.0397. The number of carbonyl (C=O) groups is 1. The summed E-state index contributed by atoms with van der Waals surface area (Å²) >= 11 is 0. The lowest BCUT2D eigenvalue weighted by Crippen LogP contribution is -2.40. The van der Waals surface area contributed by atoms with Crippen molar-refractivity contribution in [3.8, 4) is 0 Å². The first-order chi connectivity index (χ1) is 8.56. The van der Waals surface area contributed by atoms with Crippen molar-refractivity contribution in [2.75, 3.05) is 5.73 Å². The third kappa shape index (κ3) is 3.01. The Bertz CT molecular complexity index is 437. The van der Waals surface area contributed by atoms with Crippen molar-refractivity contribution >= 4 is 11.6 Å². The Morgan fingerprint density at radius 2 is 1.94 bits per heavy atom. The summed E-state index contributed by atoms with van der Waals surface area (Å²) < 4.78 is 0. The number of hydrogen-bond donors (Lipinski definition) is 3. The minimum Gasteiger partial charge on any atom is -0.398 e. The molecule has 1 amide bonds. The van der Waals surface area contributed by atoms with Gasteiger partial charge in [-0.25, -0.2) is 0 Å². The number of nitrogens with two attached hydrogens (primary N) is 2. The highest BCUT2D eigenvalue weighted by atomic mass is 16.1. The zero-order valence-electron chi connectivity index (χ0n) is 10.8.